The Morgan fingerprint density at radius 1 is 1.38 bits per heavy atom. The smallest absolute Gasteiger partial charge is 0.312 e. The lowest BCUT2D eigenvalue weighted by molar-refractivity contribution is -0.165. The number of ether oxygens (including phenoxy) is 1. The Hall–Kier alpha value is -1.12. The molecule has 21 heavy (non-hydrogen) atoms. The van der Waals surface area contributed by atoms with E-state index in [4.69, 9.17) is 15.7 Å². The van der Waals surface area contributed by atoms with Crippen LogP contribution in [0.4, 0.5) is 0 Å². The molecule has 0 saturated heterocycles. The number of nitrogens with two attached hydrogens (primary N) is 1. The maximum atomic E-state index is 12.3. The molecule has 120 valence electrons. The summed E-state index contributed by atoms with van der Waals surface area (Å²) in [6.07, 6.45) is 5.05. The lowest BCUT2D eigenvalue weighted by Crippen LogP contribution is -2.45. The molecule has 0 bridgehead atoms. The summed E-state index contributed by atoms with van der Waals surface area (Å²) in [6.45, 7) is 5.37. The van der Waals surface area contributed by atoms with Gasteiger partial charge in [0.25, 0.3) is 0 Å². The van der Waals surface area contributed by atoms with Crippen molar-refractivity contribution in [1.29, 1.82) is 5.26 Å². The normalized spacial score (nSPS) is 21.1. The molecule has 1 rings (SSSR count). The van der Waals surface area contributed by atoms with Crippen LogP contribution in [0.3, 0.4) is 0 Å². The van der Waals surface area contributed by atoms with E-state index >= 15 is 0 Å². The number of nitrogens with zero attached hydrogens (tertiary/aromatic N) is 1. The van der Waals surface area contributed by atoms with E-state index in [0.29, 0.717) is 12.3 Å². The van der Waals surface area contributed by atoms with Crippen LogP contribution in [0.2, 0.25) is 0 Å². The predicted molar refractivity (Wildman–Crippen MR) is 80.1 cm³/mol. The van der Waals surface area contributed by atoms with Crippen LogP contribution < -0.4 is 5.73 Å². The number of hydrogen-bond donors (Lipinski definition) is 2. The fourth-order valence-electron chi connectivity index (χ4n) is 2.86. The summed E-state index contributed by atoms with van der Waals surface area (Å²) in [6, 6.07) is 0.756. The van der Waals surface area contributed by atoms with E-state index in [0.717, 1.165) is 25.7 Å². The van der Waals surface area contributed by atoms with Gasteiger partial charge in [-0.15, -0.1) is 0 Å². The van der Waals surface area contributed by atoms with Crippen molar-refractivity contribution < 1.29 is 14.6 Å². The third kappa shape index (κ3) is 6.03. The summed E-state index contributed by atoms with van der Waals surface area (Å²) < 4.78 is 5.39. The molecule has 0 amide bonds. The fraction of sp³-hybridized carbons (Fsp3) is 0.875. The van der Waals surface area contributed by atoms with Gasteiger partial charge in [-0.25, -0.2) is 0 Å². The molecule has 5 nitrogen and oxygen atoms in total. The van der Waals surface area contributed by atoms with E-state index in [2.05, 4.69) is 0 Å². The minimum Gasteiger partial charge on any atom is -0.460 e. The van der Waals surface area contributed by atoms with E-state index in [-0.39, 0.29) is 0 Å². The van der Waals surface area contributed by atoms with Gasteiger partial charge in [-0.05, 0) is 33.1 Å². The highest BCUT2D eigenvalue weighted by Crippen LogP contribution is 2.31. The van der Waals surface area contributed by atoms with Crippen LogP contribution in [-0.2, 0) is 9.53 Å². The average molecular weight is 296 g/mol. The topological polar surface area (TPSA) is 96.3 Å². The Morgan fingerprint density at radius 3 is 2.43 bits per heavy atom. The standard InChI is InChI=1S/C16H28N2O3/c1-16(2,3)21-15(20)12(14(19)13(18)10-17)9-11-7-5-4-6-8-11/h11-14,19H,4-9,18H2,1-3H3/t12-,13?,14-/m0/s1. The highest BCUT2D eigenvalue weighted by atomic mass is 16.6. The molecular weight excluding hydrogens is 268 g/mol. The highest BCUT2D eigenvalue weighted by Gasteiger charge is 2.36. The van der Waals surface area contributed by atoms with Gasteiger partial charge >= 0.3 is 5.97 Å². The average Bonchev–Trinajstić information content (AvgIpc) is 2.42. The molecule has 5 heteroatoms. The second-order valence-corrected chi connectivity index (χ2v) is 7.03. The molecule has 1 saturated carbocycles. The number of aliphatic hydroxyl groups is 1. The number of hydrogen-bond acceptors (Lipinski definition) is 5. The molecule has 0 aliphatic heterocycles. The lowest BCUT2D eigenvalue weighted by atomic mass is 9.80. The van der Waals surface area contributed by atoms with Gasteiger partial charge in [0.15, 0.2) is 0 Å². The zero-order valence-corrected chi connectivity index (χ0v) is 13.3. The maximum absolute atomic E-state index is 12.3. The minimum absolute atomic E-state index is 0.400. The summed E-state index contributed by atoms with van der Waals surface area (Å²) in [5.41, 5.74) is 4.99. The first-order valence-electron chi connectivity index (χ1n) is 7.80. The van der Waals surface area contributed by atoms with Gasteiger partial charge < -0.3 is 15.6 Å². The molecule has 0 heterocycles. The van der Waals surface area contributed by atoms with Crippen molar-refractivity contribution in [3.63, 3.8) is 0 Å². The van der Waals surface area contributed by atoms with Crippen LogP contribution in [0.25, 0.3) is 0 Å². The van der Waals surface area contributed by atoms with Gasteiger partial charge in [-0.1, -0.05) is 32.1 Å². The number of carbonyl (C=O) groups is 1. The maximum Gasteiger partial charge on any atom is 0.312 e. The van der Waals surface area contributed by atoms with Gasteiger partial charge in [0, 0.05) is 0 Å². The molecule has 1 fully saturated rings. The number of esters is 1. The predicted octanol–water partition coefficient (Wildman–Crippen LogP) is 2.13. The van der Waals surface area contributed by atoms with Crippen LogP contribution in [-0.4, -0.2) is 28.8 Å². The van der Waals surface area contributed by atoms with Crippen molar-refractivity contribution in [3.05, 3.63) is 0 Å². The van der Waals surface area contributed by atoms with Crippen LogP contribution >= 0.6 is 0 Å². The molecule has 1 aliphatic carbocycles. The Balaban J connectivity index is 2.78. The monoisotopic (exact) mass is 296 g/mol. The quantitative estimate of drug-likeness (QED) is 0.758. The van der Waals surface area contributed by atoms with Gasteiger partial charge in [-0.2, -0.15) is 5.26 Å². The Labute approximate surface area is 127 Å². The molecule has 0 aromatic rings. The minimum atomic E-state index is -1.17. The van der Waals surface area contributed by atoms with Gasteiger partial charge in [0.1, 0.15) is 11.6 Å². The second kappa shape index (κ2) is 7.77. The first-order chi connectivity index (χ1) is 9.74. The van der Waals surface area contributed by atoms with E-state index in [1.165, 1.54) is 6.42 Å². The molecule has 3 N–H and O–H groups in total. The molecular formula is C16H28N2O3. The third-order valence-electron chi connectivity index (χ3n) is 3.95. The number of aliphatic hydroxyl groups excluding tert-OH is 1. The summed E-state index contributed by atoms with van der Waals surface area (Å²) >= 11 is 0. The molecule has 0 aromatic carbocycles. The van der Waals surface area contributed by atoms with E-state index < -0.39 is 29.6 Å². The Kier molecular flexibility index (Phi) is 6.63. The number of nitriles is 1. The van der Waals surface area contributed by atoms with Gasteiger partial charge in [0.05, 0.1) is 18.1 Å². The SMILES string of the molecule is CC(C)(C)OC(=O)[C@@H](CC1CCCCC1)[C@H](O)C(N)C#N. The van der Waals surface area contributed by atoms with Gasteiger partial charge in [-0.3, -0.25) is 4.79 Å². The molecule has 3 atom stereocenters. The van der Waals surface area contributed by atoms with Crippen LogP contribution in [0.15, 0.2) is 0 Å². The molecule has 0 aromatic heterocycles. The second-order valence-electron chi connectivity index (χ2n) is 7.03. The fourth-order valence-corrected chi connectivity index (χ4v) is 2.86. The van der Waals surface area contributed by atoms with Crippen LogP contribution in [0, 0.1) is 23.2 Å². The first-order valence-corrected chi connectivity index (χ1v) is 7.80. The van der Waals surface area contributed by atoms with Crippen LogP contribution in [0.1, 0.15) is 59.3 Å². The van der Waals surface area contributed by atoms with Gasteiger partial charge in [0.2, 0.25) is 0 Å². The highest BCUT2D eigenvalue weighted by molar-refractivity contribution is 5.73. The van der Waals surface area contributed by atoms with Crippen molar-refractivity contribution >= 4 is 5.97 Å². The van der Waals surface area contributed by atoms with Crippen molar-refractivity contribution in [2.45, 2.75) is 77.0 Å². The van der Waals surface area contributed by atoms with Crippen molar-refractivity contribution in [2.24, 2.45) is 17.6 Å². The first kappa shape index (κ1) is 17.9. The van der Waals surface area contributed by atoms with E-state index in [1.807, 2.05) is 6.07 Å². The lowest BCUT2D eigenvalue weighted by Gasteiger charge is -2.31. The van der Waals surface area contributed by atoms with Crippen molar-refractivity contribution in [2.75, 3.05) is 0 Å². The Bertz CT molecular complexity index is 378. The summed E-state index contributed by atoms with van der Waals surface area (Å²) in [7, 11) is 0. The zero-order valence-electron chi connectivity index (χ0n) is 13.3. The van der Waals surface area contributed by atoms with Crippen molar-refractivity contribution in [3.8, 4) is 6.07 Å². The summed E-state index contributed by atoms with van der Waals surface area (Å²) in [4.78, 5) is 12.3. The zero-order chi connectivity index (χ0) is 16.0. The summed E-state index contributed by atoms with van der Waals surface area (Å²) in [5.74, 6) is -0.773. The Morgan fingerprint density at radius 2 is 1.95 bits per heavy atom. The summed E-state index contributed by atoms with van der Waals surface area (Å²) in [5, 5.41) is 19.1. The van der Waals surface area contributed by atoms with Crippen LogP contribution in [0.5, 0.6) is 0 Å². The largest absolute Gasteiger partial charge is 0.460 e. The number of carbonyl (C=O) groups excluding carboxylic acids is 1. The third-order valence-corrected chi connectivity index (χ3v) is 3.95. The van der Waals surface area contributed by atoms with E-state index in [9.17, 15) is 9.90 Å². The molecule has 0 spiro atoms. The molecule has 0 radical (unpaired) electrons. The molecule has 1 unspecified atom stereocenters. The van der Waals surface area contributed by atoms with Crippen molar-refractivity contribution in [1.82, 2.24) is 0 Å². The van der Waals surface area contributed by atoms with E-state index in [1.54, 1.807) is 20.8 Å². The number of rotatable bonds is 5. The molecule has 1 aliphatic rings.